The van der Waals surface area contributed by atoms with Gasteiger partial charge in [-0.3, -0.25) is 10.4 Å². The lowest BCUT2D eigenvalue weighted by Gasteiger charge is -2.12. The zero-order valence-electron chi connectivity index (χ0n) is 14.7. The van der Waals surface area contributed by atoms with Crippen molar-refractivity contribution in [2.45, 2.75) is 13.1 Å². The van der Waals surface area contributed by atoms with Crippen LogP contribution in [0.5, 0.6) is 5.88 Å². The Hall–Kier alpha value is -3.56. The molecule has 0 aliphatic rings. The van der Waals surface area contributed by atoms with E-state index in [1.54, 1.807) is 6.92 Å². The molecule has 0 atom stereocenters. The average Bonchev–Trinajstić information content (AvgIpc) is 3.09. The molecule has 0 bridgehead atoms. The highest BCUT2D eigenvalue weighted by atomic mass is 19.4. The molecule has 3 N–H and O–H groups in total. The minimum Gasteiger partial charge on any atom is -0.478 e. The molecule has 0 saturated carbocycles. The molecule has 0 fully saturated rings. The number of amides is 2. The number of aromatic nitrogens is 3. The summed E-state index contributed by atoms with van der Waals surface area (Å²) in [4.78, 5) is 16.1. The second-order valence-electron chi connectivity index (χ2n) is 5.61. The quantitative estimate of drug-likeness (QED) is 0.596. The van der Waals surface area contributed by atoms with Crippen molar-refractivity contribution in [3.8, 4) is 17.1 Å². The van der Waals surface area contributed by atoms with Gasteiger partial charge in [-0.15, -0.1) is 0 Å². The molecule has 1 aromatic carbocycles. The number of hydrogen-bond acceptors (Lipinski definition) is 4. The van der Waals surface area contributed by atoms with E-state index in [1.807, 2.05) is 30.3 Å². The number of H-pyrrole nitrogens is 1. The van der Waals surface area contributed by atoms with Crippen molar-refractivity contribution >= 4 is 17.5 Å². The van der Waals surface area contributed by atoms with Crippen LogP contribution in [-0.4, -0.2) is 27.8 Å². The van der Waals surface area contributed by atoms with Crippen molar-refractivity contribution in [2.75, 3.05) is 17.2 Å². The SMILES string of the molecule is CCOc1cc(C(F)(F)F)cc(NC(=O)Nc2cn[nH]c2-c2ccccc2)n1. The number of aromatic amines is 1. The molecule has 0 unspecified atom stereocenters. The van der Waals surface area contributed by atoms with Gasteiger partial charge in [0, 0.05) is 11.6 Å². The van der Waals surface area contributed by atoms with Crippen LogP contribution in [0.25, 0.3) is 11.3 Å². The fourth-order valence-electron chi connectivity index (χ4n) is 2.43. The number of anilines is 2. The molecule has 2 amide bonds. The summed E-state index contributed by atoms with van der Waals surface area (Å²) in [7, 11) is 0. The molecular formula is C18H16F3N5O2. The maximum absolute atomic E-state index is 13.0. The predicted molar refractivity (Wildman–Crippen MR) is 97.1 cm³/mol. The van der Waals surface area contributed by atoms with Gasteiger partial charge >= 0.3 is 12.2 Å². The number of nitrogens with one attached hydrogen (secondary N) is 3. The van der Waals surface area contributed by atoms with E-state index in [0.717, 1.165) is 17.7 Å². The zero-order valence-corrected chi connectivity index (χ0v) is 14.7. The van der Waals surface area contributed by atoms with E-state index in [-0.39, 0.29) is 18.3 Å². The van der Waals surface area contributed by atoms with Crippen molar-refractivity contribution < 1.29 is 22.7 Å². The smallest absolute Gasteiger partial charge is 0.416 e. The number of nitrogens with zero attached hydrogens (tertiary/aromatic N) is 2. The fraction of sp³-hybridized carbons (Fsp3) is 0.167. The van der Waals surface area contributed by atoms with E-state index in [9.17, 15) is 18.0 Å². The van der Waals surface area contributed by atoms with Crippen LogP contribution in [0.15, 0.2) is 48.7 Å². The summed E-state index contributed by atoms with van der Waals surface area (Å²) in [5.74, 6) is -0.526. The molecule has 2 aromatic heterocycles. The van der Waals surface area contributed by atoms with E-state index in [1.165, 1.54) is 6.20 Å². The lowest BCUT2D eigenvalue weighted by molar-refractivity contribution is -0.137. The molecule has 10 heteroatoms. The molecule has 3 rings (SSSR count). The van der Waals surface area contributed by atoms with Crippen LogP contribution in [0.4, 0.5) is 29.5 Å². The molecule has 0 saturated heterocycles. The summed E-state index contributed by atoms with van der Waals surface area (Å²) in [6.07, 6.45) is -3.21. The summed E-state index contributed by atoms with van der Waals surface area (Å²) < 4.78 is 44.2. The molecule has 3 aromatic rings. The molecule has 146 valence electrons. The van der Waals surface area contributed by atoms with Crippen molar-refractivity contribution in [2.24, 2.45) is 0 Å². The molecule has 0 spiro atoms. The highest BCUT2D eigenvalue weighted by molar-refractivity contribution is 6.01. The van der Waals surface area contributed by atoms with Crippen LogP contribution in [0.1, 0.15) is 12.5 Å². The number of hydrogen-bond donors (Lipinski definition) is 3. The van der Waals surface area contributed by atoms with Crippen LogP contribution in [0, 0.1) is 0 Å². The summed E-state index contributed by atoms with van der Waals surface area (Å²) in [5.41, 5.74) is 0.726. The monoisotopic (exact) mass is 391 g/mol. The predicted octanol–water partition coefficient (Wildman–Crippen LogP) is 4.53. The number of rotatable bonds is 5. The first-order valence-corrected chi connectivity index (χ1v) is 8.25. The largest absolute Gasteiger partial charge is 0.478 e. The van der Waals surface area contributed by atoms with Gasteiger partial charge in [-0.2, -0.15) is 23.3 Å². The topological polar surface area (TPSA) is 91.9 Å². The van der Waals surface area contributed by atoms with E-state index < -0.39 is 17.8 Å². The standard InChI is InChI=1S/C18H16F3N5O2/c1-2-28-15-9-12(18(19,20)21)8-14(24-15)25-17(27)23-13-10-22-26-16(13)11-6-4-3-5-7-11/h3-10H,2H2,1H3,(H,22,26)(H2,23,24,25,27). The Morgan fingerprint density at radius 1 is 1.18 bits per heavy atom. The van der Waals surface area contributed by atoms with Crippen LogP contribution < -0.4 is 15.4 Å². The Kier molecular flexibility index (Phi) is 5.48. The first kappa shape index (κ1) is 19.2. The fourth-order valence-corrected chi connectivity index (χ4v) is 2.43. The third-order valence-electron chi connectivity index (χ3n) is 3.61. The number of ether oxygens (including phenoxy) is 1. The van der Waals surface area contributed by atoms with Crippen LogP contribution in [0.3, 0.4) is 0 Å². The highest BCUT2D eigenvalue weighted by Crippen LogP contribution is 2.33. The first-order valence-electron chi connectivity index (χ1n) is 8.25. The molecular weight excluding hydrogens is 375 g/mol. The average molecular weight is 391 g/mol. The van der Waals surface area contributed by atoms with E-state index in [4.69, 9.17) is 4.74 Å². The molecule has 7 nitrogen and oxygen atoms in total. The lowest BCUT2D eigenvalue weighted by Crippen LogP contribution is -2.21. The van der Waals surface area contributed by atoms with Crippen molar-refractivity contribution in [1.29, 1.82) is 0 Å². The molecule has 2 heterocycles. The van der Waals surface area contributed by atoms with Gasteiger partial charge in [0.05, 0.1) is 29.7 Å². The second-order valence-corrected chi connectivity index (χ2v) is 5.61. The van der Waals surface area contributed by atoms with E-state index >= 15 is 0 Å². The number of alkyl halides is 3. The number of carbonyl (C=O) groups excluding carboxylic acids is 1. The normalized spacial score (nSPS) is 11.1. The maximum atomic E-state index is 13.0. The Bertz CT molecular complexity index is 957. The van der Waals surface area contributed by atoms with Crippen LogP contribution in [-0.2, 0) is 6.18 Å². The van der Waals surface area contributed by atoms with Crippen molar-refractivity contribution in [3.63, 3.8) is 0 Å². The second kappa shape index (κ2) is 7.99. The van der Waals surface area contributed by atoms with Gasteiger partial charge < -0.3 is 10.1 Å². The zero-order chi connectivity index (χ0) is 20.1. The van der Waals surface area contributed by atoms with Gasteiger partial charge in [-0.05, 0) is 13.0 Å². The molecule has 0 radical (unpaired) electrons. The highest BCUT2D eigenvalue weighted by Gasteiger charge is 2.32. The van der Waals surface area contributed by atoms with Crippen molar-refractivity contribution in [1.82, 2.24) is 15.2 Å². The molecule has 0 aliphatic carbocycles. The van der Waals surface area contributed by atoms with Gasteiger partial charge in [-0.1, -0.05) is 30.3 Å². The first-order chi connectivity index (χ1) is 13.4. The number of carbonyl (C=O) groups is 1. The van der Waals surface area contributed by atoms with Crippen LogP contribution in [0.2, 0.25) is 0 Å². The summed E-state index contributed by atoms with van der Waals surface area (Å²) in [5, 5.41) is 11.5. The van der Waals surface area contributed by atoms with Gasteiger partial charge in [0.15, 0.2) is 0 Å². The van der Waals surface area contributed by atoms with Crippen molar-refractivity contribution in [3.05, 3.63) is 54.2 Å². The molecule has 0 aliphatic heterocycles. The third kappa shape index (κ3) is 4.58. The minimum atomic E-state index is -4.60. The summed E-state index contributed by atoms with van der Waals surface area (Å²) in [6.45, 7) is 1.75. The molecule has 28 heavy (non-hydrogen) atoms. The van der Waals surface area contributed by atoms with E-state index in [0.29, 0.717) is 11.4 Å². The number of urea groups is 1. The Morgan fingerprint density at radius 2 is 1.93 bits per heavy atom. The summed E-state index contributed by atoms with van der Waals surface area (Å²) in [6, 6.07) is 9.86. The van der Waals surface area contributed by atoms with E-state index in [2.05, 4.69) is 25.8 Å². The maximum Gasteiger partial charge on any atom is 0.416 e. The number of benzene rings is 1. The Labute approximate surface area is 157 Å². The van der Waals surface area contributed by atoms with Gasteiger partial charge in [0.1, 0.15) is 5.82 Å². The van der Waals surface area contributed by atoms with Gasteiger partial charge in [0.2, 0.25) is 5.88 Å². The van der Waals surface area contributed by atoms with Gasteiger partial charge in [-0.25, -0.2) is 4.79 Å². The lowest BCUT2D eigenvalue weighted by atomic mass is 10.1. The van der Waals surface area contributed by atoms with Gasteiger partial charge in [0.25, 0.3) is 0 Å². The third-order valence-corrected chi connectivity index (χ3v) is 3.61. The number of halogens is 3. The summed E-state index contributed by atoms with van der Waals surface area (Å²) >= 11 is 0. The Morgan fingerprint density at radius 3 is 2.61 bits per heavy atom. The van der Waals surface area contributed by atoms with Crippen LogP contribution >= 0.6 is 0 Å². The number of pyridine rings is 1. The minimum absolute atomic E-state index is 0.134. The Balaban J connectivity index is 1.79.